The van der Waals surface area contributed by atoms with Crippen LogP contribution in [0.5, 0.6) is 5.75 Å². The Morgan fingerprint density at radius 2 is 2.29 bits per heavy atom. The Morgan fingerprint density at radius 1 is 1.57 bits per heavy atom. The number of benzene rings is 1. The maximum absolute atomic E-state index is 10.7. The summed E-state index contributed by atoms with van der Waals surface area (Å²) in [4.78, 5) is 10.7. The minimum atomic E-state index is -0.319. The van der Waals surface area contributed by atoms with Gasteiger partial charge >= 0.3 is 0 Å². The number of nitrogens with zero attached hydrogens (tertiary/aromatic N) is 1. The number of hydrogen-bond acceptors (Lipinski definition) is 3. The minimum Gasteiger partial charge on any atom is -0.496 e. The summed E-state index contributed by atoms with van der Waals surface area (Å²) >= 11 is 0. The van der Waals surface area contributed by atoms with Crippen molar-refractivity contribution in [2.24, 2.45) is 0 Å². The number of carbonyl (C=O) groups is 1. The van der Waals surface area contributed by atoms with Crippen molar-refractivity contribution in [3.05, 3.63) is 29.3 Å². The van der Waals surface area contributed by atoms with Crippen molar-refractivity contribution in [3.8, 4) is 11.8 Å². The largest absolute Gasteiger partial charge is 0.496 e. The van der Waals surface area contributed by atoms with E-state index in [-0.39, 0.29) is 5.92 Å². The van der Waals surface area contributed by atoms with Gasteiger partial charge in [-0.25, -0.2) is 0 Å². The molecule has 0 saturated heterocycles. The molecule has 14 heavy (non-hydrogen) atoms. The van der Waals surface area contributed by atoms with Crippen LogP contribution in [0.2, 0.25) is 0 Å². The van der Waals surface area contributed by atoms with Gasteiger partial charge in [0.25, 0.3) is 0 Å². The predicted molar refractivity (Wildman–Crippen MR) is 52.2 cm³/mol. The van der Waals surface area contributed by atoms with E-state index in [0.29, 0.717) is 16.9 Å². The highest BCUT2D eigenvalue weighted by atomic mass is 16.5. The highest BCUT2D eigenvalue weighted by molar-refractivity contribution is 5.66. The van der Waals surface area contributed by atoms with Gasteiger partial charge in [-0.15, -0.1) is 0 Å². The molecule has 1 rings (SSSR count). The molecule has 0 bridgehead atoms. The summed E-state index contributed by atoms with van der Waals surface area (Å²) in [5.41, 5.74) is 1.15. The number of rotatable bonds is 3. The lowest BCUT2D eigenvalue weighted by molar-refractivity contribution is -0.108. The summed E-state index contributed by atoms with van der Waals surface area (Å²) in [7, 11) is 1.53. The van der Waals surface area contributed by atoms with Crippen LogP contribution in [0.4, 0.5) is 0 Å². The molecule has 0 aromatic heterocycles. The highest BCUT2D eigenvalue weighted by Crippen LogP contribution is 2.28. The first-order chi connectivity index (χ1) is 6.74. The summed E-state index contributed by atoms with van der Waals surface area (Å²) in [5, 5.41) is 8.86. The van der Waals surface area contributed by atoms with Crippen molar-refractivity contribution in [2.45, 2.75) is 12.8 Å². The van der Waals surface area contributed by atoms with Gasteiger partial charge < -0.3 is 9.53 Å². The molecule has 0 N–H and O–H groups in total. The summed E-state index contributed by atoms with van der Waals surface area (Å²) < 4.78 is 5.10. The van der Waals surface area contributed by atoms with Crippen LogP contribution in [0, 0.1) is 11.3 Å². The van der Waals surface area contributed by atoms with Crippen LogP contribution in [0.25, 0.3) is 0 Å². The zero-order valence-electron chi connectivity index (χ0n) is 8.15. The quantitative estimate of drug-likeness (QED) is 0.682. The number of methoxy groups -OCH3 is 1. The molecule has 0 saturated carbocycles. The fraction of sp³-hybridized carbons (Fsp3) is 0.273. The van der Waals surface area contributed by atoms with E-state index < -0.39 is 0 Å². The average Bonchev–Trinajstić information content (AvgIpc) is 2.26. The molecule has 1 atom stereocenters. The molecule has 3 nitrogen and oxygen atoms in total. The van der Waals surface area contributed by atoms with Gasteiger partial charge in [0, 0.05) is 11.5 Å². The molecule has 0 amide bonds. The first-order valence-electron chi connectivity index (χ1n) is 4.27. The third kappa shape index (κ3) is 1.74. The monoisotopic (exact) mass is 189 g/mol. The van der Waals surface area contributed by atoms with Crippen LogP contribution in [-0.4, -0.2) is 13.4 Å². The summed E-state index contributed by atoms with van der Waals surface area (Å²) in [6.07, 6.45) is 0.804. The maximum Gasteiger partial charge on any atom is 0.127 e. The molecular weight excluding hydrogens is 178 g/mol. The first kappa shape index (κ1) is 10.3. The Bertz CT molecular complexity index is 379. The Kier molecular flexibility index (Phi) is 3.24. The number of ether oxygens (including phenoxy) is 1. The van der Waals surface area contributed by atoms with Crippen molar-refractivity contribution in [3.63, 3.8) is 0 Å². The lowest BCUT2D eigenvalue weighted by Crippen LogP contribution is -2.01. The van der Waals surface area contributed by atoms with Gasteiger partial charge in [-0.3, -0.25) is 0 Å². The van der Waals surface area contributed by atoms with Crippen molar-refractivity contribution in [2.75, 3.05) is 7.11 Å². The maximum atomic E-state index is 10.7. The molecule has 3 heteroatoms. The van der Waals surface area contributed by atoms with E-state index in [1.807, 2.05) is 6.07 Å². The van der Waals surface area contributed by atoms with Crippen molar-refractivity contribution in [1.29, 1.82) is 5.26 Å². The van der Waals surface area contributed by atoms with E-state index in [0.717, 1.165) is 6.29 Å². The third-order valence-electron chi connectivity index (χ3n) is 2.07. The Morgan fingerprint density at radius 3 is 2.79 bits per heavy atom. The molecule has 1 aromatic carbocycles. The SMILES string of the molecule is COc1cccc(C#N)c1C(C)C=O. The van der Waals surface area contributed by atoms with Crippen molar-refractivity contribution in [1.82, 2.24) is 0 Å². The molecule has 1 aromatic rings. The molecule has 0 aliphatic carbocycles. The van der Waals surface area contributed by atoms with Crippen LogP contribution >= 0.6 is 0 Å². The number of aldehydes is 1. The second-order valence-corrected chi connectivity index (χ2v) is 2.96. The molecule has 0 radical (unpaired) electrons. The highest BCUT2D eigenvalue weighted by Gasteiger charge is 2.14. The molecule has 1 unspecified atom stereocenters. The van der Waals surface area contributed by atoms with Gasteiger partial charge in [0.05, 0.1) is 18.7 Å². The second kappa shape index (κ2) is 4.43. The normalized spacial score (nSPS) is 11.5. The summed E-state index contributed by atoms with van der Waals surface area (Å²) in [5.74, 6) is 0.268. The van der Waals surface area contributed by atoms with Gasteiger partial charge in [0.1, 0.15) is 12.0 Å². The smallest absolute Gasteiger partial charge is 0.127 e. The Labute approximate surface area is 82.9 Å². The summed E-state index contributed by atoms with van der Waals surface area (Å²) in [6, 6.07) is 7.21. The average molecular weight is 189 g/mol. The van der Waals surface area contributed by atoms with Gasteiger partial charge in [0.15, 0.2) is 0 Å². The van der Waals surface area contributed by atoms with E-state index in [9.17, 15) is 4.79 Å². The zero-order chi connectivity index (χ0) is 10.6. The van der Waals surface area contributed by atoms with E-state index >= 15 is 0 Å². The Hall–Kier alpha value is -1.82. The minimum absolute atomic E-state index is 0.319. The topological polar surface area (TPSA) is 50.1 Å². The molecular formula is C11H11NO2. The number of carbonyl (C=O) groups excluding carboxylic acids is 1. The number of nitriles is 1. The van der Waals surface area contributed by atoms with Crippen LogP contribution in [0.1, 0.15) is 24.0 Å². The molecule has 0 heterocycles. The molecule has 72 valence electrons. The van der Waals surface area contributed by atoms with Crippen LogP contribution in [-0.2, 0) is 4.79 Å². The molecule has 0 spiro atoms. The summed E-state index contributed by atoms with van der Waals surface area (Å²) in [6.45, 7) is 1.74. The molecule has 0 aliphatic rings. The van der Waals surface area contributed by atoms with Crippen LogP contribution in [0.3, 0.4) is 0 Å². The van der Waals surface area contributed by atoms with E-state index in [2.05, 4.69) is 0 Å². The lowest BCUT2D eigenvalue weighted by Gasteiger charge is -2.11. The van der Waals surface area contributed by atoms with E-state index in [4.69, 9.17) is 10.00 Å². The van der Waals surface area contributed by atoms with Gasteiger partial charge in [-0.1, -0.05) is 13.0 Å². The molecule has 0 aliphatic heterocycles. The van der Waals surface area contributed by atoms with Gasteiger partial charge in [0.2, 0.25) is 0 Å². The van der Waals surface area contributed by atoms with Gasteiger partial charge in [-0.05, 0) is 12.1 Å². The standard InChI is InChI=1S/C11H11NO2/c1-8(7-13)11-9(6-12)4-3-5-10(11)14-2/h3-5,7-8H,1-2H3. The number of hydrogen-bond donors (Lipinski definition) is 0. The van der Waals surface area contributed by atoms with Crippen molar-refractivity contribution >= 4 is 6.29 Å². The van der Waals surface area contributed by atoms with Crippen LogP contribution in [0.15, 0.2) is 18.2 Å². The predicted octanol–water partition coefficient (Wildman–Crippen LogP) is 1.87. The van der Waals surface area contributed by atoms with Crippen molar-refractivity contribution < 1.29 is 9.53 Å². The van der Waals surface area contributed by atoms with Gasteiger partial charge in [-0.2, -0.15) is 5.26 Å². The first-order valence-corrected chi connectivity index (χ1v) is 4.27. The fourth-order valence-corrected chi connectivity index (χ4v) is 1.36. The molecule has 0 fully saturated rings. The Balaban J connectivity index is 3.34. The lowest BCUT2D eigenvalue weighted by atomic mass is 9.96. The van der Waals surface area contributed by atoms with Crippen LogP contribution < -0.4 is 4.74 Å². The third-order valence-corrected chi connectivity index (χ3v) is 2.07. The van der Waals surface area contributed by atoms with E-state index in [1.54, 1.807) is 25.1 Å². The second-order valence-electron chi connectivity index (χ2n) is 2.96. The fourth-order valence-electron chi connectivity index (χ4n) is 1.36. The van der Waals surface area contributed by atoms with E-state index in [1.165, 1.54) is 7.11 Å². The zero-order valence-corrected chi connectivity index (χ0v) is 8.15.